The van der Waals surface area contributed by atoms with Gasteiger partial charge in [0.25, 0.3) is 0 Å². The first-order valence-corrected chi connectivity index (χ1v) is 6.65. The third kappa shape index (κ3) is 8.34. The molecule has 0 spiro atoms. The summed E-state index contributed by atoms with van der Waals surface area (Å²) in [6.07, 6.45) is 1.78. The van der Waals surface area contributed by atoms with Crippen LogP contribution in [0.4, 0.5) is 5.69 Å². The van der Waals surface area contributed by atoms with Crippen LogP contribution in [0.15, 0.2) is 41.9 Å². The Labute approximate surface area is 143 Å². The van der Waals surface area contributed by atoms with E-state index in [0.29, 0.717) is 13.1 Å². The molecule has 0 bridgehead atoms. The number of carbonyl (C=O) groups is 1. The van der Waals surface area contributed by atoms with Gasteiger partial charge in [0.15, 0.2) is 5.96 Å². The molecule has 0 atom stereocenters. The fourth-order valence-corrected chi connectivity index (χ4v) is 1.63. The highest BCUT2D eigenvalue weighted by atomic mass is 127. The van der Waals surface area contributed by atoms with Gasteiger partial charge in [0.1, 0.15) is 0 Å². The molecule has 116 valence electrons. The summed E-state index contributed by atoms with van der Waals surface area (Å²) in [7, 11) is 0. The Morgan fingerprint density at radius 3 is 2.76 bits per heavy atom. The highest BCUT2D eigenvalue weighted by molar-refractivity contribution is 14.0. The van der Waals surface area contributed by atoms with E-state index < -0.39 is 0 Å². The number of hydrogen-bond acceptors (Lipinski definition) is 2. The molecule has 0 unspecified atom stereocenters. The average Bonchev–Trinajstić information content (AvgIpc) is 2.41. The minimum absolute atomic E-state index is 0. The summed E-state index contributed by atoms with van der Waals surface area (Å²) in [4.78, 5) is 15.5. The van der Waals surface area contributed by atoms with Crippen LogP contribution in [-0.4, -0.2) is 25.0 Å². The normalized spacial score (nSPS) is 10.3. The van der Waals surface area contributed by atoms with Gasteiger partial charge in [-0.15, -0.1) is 30.6 Å². The number of nitrogens with one attached hydrogen (secondary N) is 3. The summed E-state index contributed by atoms with van der Waals surface area (Å²) in [5.41, 5.74) is 1.82. The van der Waals surface area contributed by atoms with E-state index in [0.717, 1.165) is 23.8 Å². The van der Waals surface area contributed by atoms with Gasteiger partial charge in [0, 0.05) is 25.7 Å². The van der Waals surface area contributed by atoms with Crippen LogP contribution in [0.5, 0.6) is 0 Å². The van der Waals surface area contributed by atoms with Gasteiger partial charge in [-0.2, -0.15) is 0 Å². The Hall–Kier alpha value is -1.57. The molecule has 5 nitrogen and oxygen atoms in total. The molecule has 0 aliphatic heterocycles. The third-order valence-electron chi connectivity index (χ3n) is 2.43. The van der Waals surface area contributed by atoms with Gasteiger partial charge in [0.05, 0.1) is 6.54 Å². The van der Waals surface area contributed by atoms with Crippen molar-refractivity contribution < 1.29 is 4.79 Å². The molecule has 0 aliphatic carbocycles. The summed E-state index contributed by atoms with van der Waals surface area (Å²) in [6.45, 7) is 9.18. The predicted octanol–water partition coefficient (Wildman–Crippen LogP) is 2.50. The fraction of sp³-hybridized carbons (Fsp3) is 0.333. The summed E-state index contributed by atoms with van der Waals surface area (Å²) in [5.74, 6) is 0.670. The van der Waals surface area contributed by atoms with Gasteiger partial charge in [-0.1, -0.05) is 18.2 Å². The molecular formula is C15H23IN4O. The topological polar surface area (TPSA) is 65.5 Å². The van der Waals surface area contributed by atoms with Crippen molar-refractivity contribution in [2.75, 3.05) is 18.4 Å². The molecule has 1 aromatic carbocycles. The van der Waals surface area contributed by atoms with Crippen LogP contribution in [0.3, 0.4) is 0 Å². The number of guanidine groups is 1. The highest BCUT2D eigenvalue weighted by Crippen LogP contribution is 2.11. The van der Waals surface area contributed by atoms with Crippen molar-refractivity contribution in [3.63, 3.8) is 0 Å². The molecule has 21 heavy (non-hydrogen) atoms. The smallest absolute Gasteiger partial charge is 0.221 e. The lowest BCUT2D eigenvalue weighted by molar-refractivity contribution is -0.114. The number of anilines is 1. The largest absolute Gasteiger partial charge is 0.357 e. The van der Waals surface area contributed by atoms with E-state index in [9.17, 15) is 4.79 Å². The van der Waals surface area contributed by atoms with Crippen LogP contribution in [0.1, 0.15) is 19.4 Å². The lowest BCUT2D eigenvalue weighted by atomic mass is 10.2. The molecule has 6 heteroatoms. The van der Waals surface area contributed by atoms with Crippen LogP contribution >= 0.6 is 24.0 Å². The second kappa shape index (κ2) is 11.1. The quantitative estimate of drug-likeness (QED) is 0.297. The maximum absolute atomic E-state index is 11.0. The number of amides is 1. The average molecular weight is 402 g/mol. The molecule has 0 fully saturated rings. The predicted molar refractivity (Wildman–Crippen MR) is 99.2 cm³/mol. The highest BCUT2D eigenvalue weighted by Gasteiger charge is 1.99. The Kier molecular flexibility index (Phi) is 10.3. The lowest BCUT2D eigenvalue weighted by Crippen LogP contribution is -2.37. The van der Waals surface area contributed by atoms with Crippen LogP contribution in [0.25, 0.3) is 0 Å². The van der Waals surface area contributed by atoms with Gasteiger partial charge in [-0.25, -0.2) is 4.99 Å². The van der Waals surface area contributed by atoms with Crippen LogP contribution in [0.2, 0.25) is 0 Å². The monoisotopic (exact) mass is 402 g/mol. The maximum atomic E-state index is 11.0. The number of rotatable bonds is 6. The van der Waals surface area contributed by atoms with Crippen molar-refractivity contribution in [2.24, 2.45) is 4.99 Å². The molecule has 1 rings (SSSR count). The van der Waals surface area contributed by atoms with Crippen molar-refractivity contribution in [1.82, 2.24) is 10.6 Å². The second-order valence-corrected chi connectivity index (χ2v) is 4.25. The minimum Gasteiger partial charge on any atom is -0.357 e. The molecular weight excluding hydrogens is 379 g/mol. The van der Waals surface area contributed by atoms with Gasteiger partial charge < -0.3 is 16.0 Å². The number of aliphatic imine (C=N–C) groups is 1. The van der Waals surface area contributed by atoms with Gasteiger partial charge in [-0.05, 0) is 24.6 Å². The van der Waals surface area contributed by atoms with E-state index in [1.54, 1.807) is 6.08 Å². The molecule has 0 heterocycles. The zero-order valence-corrected chi connectivity index (χ0v) is 14.8. The summed E-state index contributed by atoms with van der Waals surface area (Å²) in [5, 5.41) is 9.05. The van der Waals surface area contributed by atoms with E-state index in [1.165, 1.54) is 6.92 Å². The Morgan fingerprint density at radius 2 is 2.14 bits per heavy atom. The van der Waals surface area contributed by atoms with Crippen molar-refractivity contribution >= 4 is 41.5 Å². The van der Waals surface area contributed by atoms with Crippen molar-refractivity contribution in [3.05, 3.63) is 42.5 Å². The van der Waals surface area contributed by atoms with Gasteiger partial charge in [0.2, 0.25) is 5.91 Å². The van der Waals surface area contributed by atoms with Crippen LogP contribution in [-0.2, 0) is 11.3 Å². The van der Waals surface area contributed by atoms with Crippen LogP contribution < -0.4 is 16.0 Å². The fourth-order valence-electron chi connectivity index (χ4n) is 1.63. The number of carbonyl (C=O) groups excluding carboxylic acids is 1. The third-order valence-corrected chi connectivity index (χ3v) is 2.43. The van der Waals surface area contributed by atoms with E-state index in [-0.39, 0.29) is 29.9 Å². The molecule has 0 aliphatic rings. The first kappa shape index (κ1) is 19.4. The summed E-state index contributed by atoms with van der Waals surface area (Å²) < 4.78 is 0. The van der Waals surface area contributed by atoms with Crippen molar-refractivity contribution in [1.29, 1.82) is 0 Å². The van der Waals surface area contributed by atoms with E-state index in [4.69, 9.17) is 0 Å². The first-order valence-electron chi connectivity index (χ1n) is 6.65. The molecule has 0 saturated carbocycles. The number of hydrogen-bond donors (Lipinski definition) is 3. The number of halogens is 1. The number of nitrogens with zero attached hydrogens (tertiary/aromatic N) is 1. The van der Waals surface area contributed by atoms with Crippen molar-refractivity contribution in [3.8, 4) is 0 Å². The Morgan fingerprint density at radius 1 is 1.38 bits per heavy atom. The Bertz CT molecular complexity index is 488. The summed E-state index contributed by atoms with van der Waals surface area (Å²) in [6, 6.07) is 7.66. The number of benzene rings is 1. The molecule has 0 radical (unpaired) electrons. The molecule has 1 amide bonds. The molecule has 1 aromatic rings. The SMILES string of the molecule is C=CCNC(=NCc1cccc(NC(C)=O)c1)NCC.I. The van der Waals surface area contributed by atoms with E-state index in [2.05, 4.69) is 27.5 Å². The maximum Gasteiger partial charge on any atom is 0.221 e. The second-order valence-electron chi connectivity index (χ2n) is 4.25. The zero-order chi connectivity index (χ0) is 14.8. The standard InChI is InChI=1S/C15H22N4O.HI/c1-4-9-17-15(16-5-2)18-11-13-7-6-8-14(10-13)19-12(3)20;/h4,6-8,10H,1,5,9,11H2,2-3H3,(H,19,20)(H2,16,17,18);1H. The molecule has 0 saturated heterocycles. The molecule has 0 aromatic heterocycles. The Balaban J connectivity index is 0.00000400. The van der Waals surface area contributed by atoms with Crippen LogP contribution in [0, 0.1) is 0 Å². The molecule has 3 N–H and O–H groups in total. The van der Waals surface area contributed by atoms with E-state index >= 15 is 0 Å². The van der Waals surface area contributed by atoms with Gasteiger partial charge >= 0.3 is 0 Å². The lowest BCUT2D eigenvalue weighted by Gasteiger charge is -2.09. The van der Waals surface area contributed by atoms with Gasteiger partial charge in [-0.3, -0.25) is 4.79 Å². The zero-order valence-electron chi connectivity index (χ0n) is 12.5. The van der Waals surface area contributed by atoms with Crippen molar-refractivity contribution in [2.45, 2.75) is 20.4 Å². The first-order chi connectivity index (χ1) is 9.65. The van der Waals surface area contributed by atoms with E-state index in [1.807, 2.05) is 31.2 Å². The minimum atomic E-state index is -0.0772. The summed E-state index contributed by atoms with van der Waals surface area (Å²) >= 11 is 0.